The third-order valence-electron chi connectivity index (χ3n) is 4.52. The van der Waals surface area contributed by atoms with Gasteiger partial charge in [0.05, 0.1) is 0 Å². The van der Waals surface area contributed by atoms with E-state index in [4.69, 9.17) is 0 Å². The number of hydrogen-bond acceptors (Lipinski definition) is 2. The zero-order valence-electron chi connectivity index (χ0n) is 15.8. The molecule has 0 bridgehead atoms. The molecule has 2 nitrogen and oxygen atoms in total. The smallest absolute Gasteiger partial charge is 0.262 e. The van der Waals surface area contributed by atoms with E-state index >= 15 is 0 Å². The molecule has 4 heteroatoms. The van der Waals surface area contributed by atoms with Gasteiger partial charge < -0.3 is 28.9 Å². The monoisotopic (exact) mass is 478 g/mol. The Bertz CT molecular complexity index is 848. The number of rotatable bonds is 7. The van der Waals surface area contributed by atoms with Crippen LogP contribution in [-0.4, -0.2) is 13.1 Å². The van der Waals surface area contributed by atoms with E-state index in [-0.39, 0.29) is 24.0 Å². The zero-order valence-corrected chi connectivity index (χ0v) is 18.8. The van der Waals surface area contributed by atoms with Crippen molar-refractivity contribution < 1.29 is 28.5 Å². The lowest BCUT2D eigenvalue weighted by molar-refractivity contribution is -0.668. The molecule has 0 saturated carbocycles. The number of benzene rings is 2. The highest BCUT2D eigenvalue weighted by atomic mass is 127. The van der Waals surface area contributed by atoms with Crippen LogP contribution in [0, 0.1) is 0 Å². The lowest BCUT2D eigenvalue weighted by atomic mass is 10.2. The number of nitrogens with zero attached hydrogens (tertiary/aromatic N) is 2. The average molecular weight is 478 g/mol. The lowest BCUT2D eigenvalue weighted by Crippen LogP contribution is -3.00. The second-order valence-electron chi connectivity index (χ2n) is 6.16. The molecule has 0 aliphatic rings. The first-order chi connectivity index (χ1) is 12.3. The van der Waals surface area contributed by atoms with Gasteiger partial charge in [-0.1, -0.05) is 42.5 Å². The van der Waals surface area contributed by atoms with Gasteiger partial charge in [-0.2, -0.15) is 4.57 Å². The minimum absolute atomic E-state index is 0. The first kappa shape index (κ1) is 20.9. The summed E-state index contributed by atoms with van der Waals surface area (Å²) in [6, 6.07) is 17.5. The van der Waals surface area contributed by atoms with Crippen LogP contribution in [0.5, 0.6) is 0 Å². The second kappa shape index (κ2) is 10.1. The van der Waals surface area contributed by atoms with Crippen molar-refractivity contribution in [2.24, 2.45) is 0 Å². The molecule has 0 N–H and O–H groups in total. The standard InChI is InChI=1S/C22H27N2S.HI/c1-4-17-24-20-9-7-8-10-21(20)25-22(24)16-13-18-11-14-19(15-12-18)23(5-2)6-3;/h7-16H,4-6,17H2,1-3H3;1H/q+1;/p-1. The molecule has 0 radical (unpaired) electrons. The molecule has 3 aromatic rings. The maximum absolute atomic E-state index is 2.43. The third-order valence-corrected chi connectivity index (χ3v) is 5.65. The first-order valence-corrected chi connectivity index (χ1v) is 10.0. The maximum atomic E-state index is 2.43. The molecule has 2 aromatic carbocycles. The summed E-state index contributed by atoms with van der Waals surface area (Å²) >= 11 is 1.87. The summed E-state index contributed by atoms with van der Waals surface area (Å²) in [6.07, 6.45) is 5.63. The van der Waals surface area contributed by atoms with Gasteiger partial charge in [0.1, 0.15) is 11.2 Å². The van der Waals surface area contributed by atoms with Crippen molar-refractivity contribution in [3.8, 4) is 0 Å². The van der Waals surface area contributed by atoms with E-state index < -0.39 is 0 Å². The van der Waals surface area contributed by atoms with Gasteiger partial charge >= 0.3 is 0 Å². The Morgan fingerprint density at radius 1 is 0.923 bits per heavy atom. The minimum Gasteiger partial charge on any atom is -1.00 e. The highest BCUT2D eigenvalue weighted by Gasteiger charge is 2.16. The summed E-state index contributed by atoms with van der Waals surface area (Å²) in [5.41, 5.74) is 3.88. The Hall–Kier alpha value is -1.40. The van der Waals surface area contributed by atoms with Crippen LogP contribution in [0.1, 0.15) is 37.8 Å². The normalized spacial score (nSPS) is 11.0. The molecule has 0 saturated heterocycles. The van der Waals surface area contributed by atoms with Crippen LogP contribution in [0.25, 0.3) is 22.4 Å². The van der Waals surface area contributed by atoms with Gasteiger partial charge in [0, 0.05) is 37.3 Å². The number of para-hydroxylation sites is 1. The number of hydrogen-bond donors (Lipinski definition) is 0. The van der Waals surface area contributed by atoms with Crippen molar-refractivity contribution in [3.05, 3.63) is 59.1 Å². The fraction of sp³-hybridized carbons (Fsp3) is 0.318. The van der Waals surface area contributed by atoms with Gasteiger partial charge in [-0.25, -0.2) is 0 Å². The van der Waals surface area contributed by atoms with Crippen LogP contribution in [0.15, 0.2) is 48.5 Å². The van der Waals surface area contributed by atoms with Gasteiger partial charge in [-0.05, 0) is 43.7 Å². The zero-order chi connectivity index (χ0) is 17.6. The van der Waals surface area contributed by atoms with Crippen LogP contribution in [0.2, 0.25) is 0 Å². The van der Waals surface area contributed by atoms with Crippen LogP contribution in [0.3, 0.4) is 0 Å². The van der Waals surface area contributed by atoms with E-state index in [2.05, 4.69) is 90.9 Å². The predicted octanol–water partition coefficient (Wildman–Crippen LogP) is 2.62. The topological polar surface area (TPSA) is 7.12 Å². The highest BCUT2D eigenvalue weighted by molar-refractivity contribution is 7.18. The minimum atomic E-state index is 0. The molecule has 0 aliphatic heterocycles. The summed E-state index contributed by atoms with van der Waals surface area (Å²) in [7, 11) is 0. The Morgan fingerprint density at radius 3 is 2.27 bits per heavy atom. The molecule has 1 heterocycles. The maximum Gasteiger partial charge on any atom is 0.262 e. The Morgan fingerprint density at radius 2 is 1.62 bits per heavy atom. The fourth-order valence-corrected chi connectivity index (χ4v) is 4.27. The van der Waals surface area contributed by atoms with Crippen molar-refractivity contribution >= 4 is 39.4 Å². The number of halogens is 1. The third kappa shape index (κ3) is 4.65. The number of fused-ring (bicyclic) bond motifs is 1. The summed E-state index contributed by atoms with van der Waals surface area (Å²) in [5.74, 6) is 0. The molecule has 0 unspecified atom stereocenters. The fourth-order valence-electron chi connectivity index (χ4n) is 3.18. The van der Waals surface area contributed by atoms with E-state index in [1.54, 1.807) is 0 Å². The van der Waals surface area contributed by atoms with E-state index in [1.165, 1.54) is 26.5 Å². The first-order valence-electron chi connectivity index (χ1n) is 9.21. The molecule has 0 spiro atoms. The number of thiazole rings is 1. The molecule has 3 rings (SSSR count). The molecule has 0 aliphatic carbocycles. The second-order valence-corrected chi connectivity index (χ2v) is 7.22. The SMILES string of the molecule is CCC[n+]1c(C=Cc2ccc(N(CC)CC)cc2)sc2ccccc21.[I-]. The van der Waals surface area contributed by atoms with Crippen LogP contribution in [-0.2, 0) is 6.54 Å². The molecular weight excluding hydrogens is 451 g/mol. The van der Waals surface area contributed by atoms with E-state index in [1.807, 2.05) is 11.3 Å². The molecule has 0 atom stereocenters. The molecule has 0 amide bonds. The number of aryl methyl sites for hydroxylation is 1. The summed E-state index contributed by atoms with van der Waals surface area (Å²) < 4.78 is 3.79. The molecular formula is C22H27IN2S. The molecule has 138 valence electrons. The van der Waals surface area contributed by atoms with Gasteiger partial charge in [0.15, 0.2) is 0 Å². The molecule has 1 aromatic heterocycles. The van der Waals surface area contributed by atoms with Crippen molar-refractivity contribution in [1.29, 1.82) is 0 Å². The van der Waals surface area contributed by atoms with Crippen molar-refractivity contribution in [3.63, 3.8) is 0 Å². The van der Waals surface area contributed by atoms with Crippen molar-refractivity contribution in [1.82, 2.24) is 0 Å². The lowest BCUT2D eigenvalue weighted by Gasteiger charge is -2.20. The van der Waals surface area contributed by atoms with Crippen LogP contribution < -0.4 is 33.4 Å². The average Bonchev–Trinajstić information content (AvgIpc) is 3.00. The highest BCUT2D eigenvalue weighted by Crippen LogP contribution is 2.22. The summed E-state index contributed by atoms with van der Waals surface area (Å²) in [5, 5.41) is 1.32. The number of anilines is 1. The van der Waals surface area contributed by atoms with Crippen molar-refractivity contribution in [2.45, 2.75) is 33.7 Å². The predicted molar refractivity (Wildman–Crippen MR) is 111 cm³/mol. The van der Waals surface area contributed by atoms with E-state index in [9.17, 15) is 0 Å². The van der Waals surface area contributed by atoms with E-state index in [0.29, 0.717) is 0 Å². The number of aromatic nitrogens is 1. The summed E-state index contributed by atoms with van der Waals surface area (Å²) in [6.45, 7) is 9.79. The van der Waals surface area contributed by atoms with Crippen LogP contribution in [0.4, 0.5) is 5.69 Å². The Balaban J connectivity index is 0.00000243. The van der Waals surface area contributed by atoms with Crippen molar-refractivity contribution in [2.75, 3.05) is 18.0 Å². The molecule has 26 heavy (non-hydrogen) atoms. The molecule has 0 fully saturated rings. The Kier molecular flexibility index (Phi) is 8.10. The summed E-state index contributed by atoms with van der Waals surface area (Å²) in [4.78, 5) is 2.37. The van der Waals surface area contributed by atoms with Crippen LogP contribution >= 0.6 is 11.3 Å². The van der Waals surface area contributed by atoms with Gasteiger partial charge in [0.25, 0.3) is 5.01 Å². The van der Waals surface area contributed by atoms with Gasteiger partial charge in [-0.15, -0.1) is 0 Å². The van der Waals surface area contributed by atoms with Gasteiger partial charge in [0.2, 0.25) is 5.52 Å². The van der Waals surface area contributed by atoms with Gasteiger partial charge in [-0.3, -0.25) is 0 Å². The Labute approximate surface area is 178 Å². The largest absolute Gasteiger partial charge is 1.00 e. The quantitative estimate of drug-likeness (QED) is 0.374. The van der Waals surface area contributed by atoms with E-state index in [0.717, 1.165) is 26.1 Å².